The Morgan fingerprint density at radius 3 is 2.33 bits per heavy atom. The van der Waals surface area contributed by atoms with Crippen molar-refractivity contribution in [2.75, 3.05) is 16.8 Å². The van der Waals surface area contributed by atoms with E-state index in [4.69, 9.17) is 4.42 Å². The smallest absolute Gasteiger partial charge is 0.291 e. The first-order valence-electron chi connectivity index (χ1n) is 8.09. The Balaban J connectivity index is 1.51. The van der Waals surface area contributed by atoms with Crippen molar-refractivity contribution in [3.05, 3.63) is 54.0 Å². The quantitative estimate of drug-likeness (QED) is 0.658. The second-order valence-corrected chi connectivity index (χ2v) is 8.28. The Bertz CT molecular complexity index is 951. The van der Waals surface area contributed by atoms with Crippen LogP contribution in [0, 0.1) is 5.92 Å². The van der Waals surface area contributed by atoms with E-state index in [0.717, 1.165) is 0 Å². The fraction of sp³-hybridized carbons (Fsp3) is 0.235. The van der Waals surface area contributed by atoms with Gasteiger partial charge in [-0.15, -0.1) is 0 Å². The molecule has 27 heavy (non-hydrogen) atoms. The monoisotopic (exact) mass is 391 g/mol. The summed E-state index contributed by atoms with van der Waals surface area (Å²) in [7, 11) is -3.18. The van der Waals surface area contributed by atoms with Crippen molar-refractivity contribution >= 4 is 33.2 Å². The molecule has 0 bridgehead atoms. The van der Waals surface area contributed by atoms with E-state index in [2.05, 4.69) is 16.2 Å². The van der Waals surface area contributed by atoms with Gasteiger partial charge in [0, 0.05) is 11.3 Å². The SMILES string of the molecule is O=C(NNC(=O)[C@@H]1CCS(=O)(=O)C1)c1ccc(NC(=O)c2ccco2)cc1. The van der Waals surface area contributed by atoms with E-state index < -0.39 is 33.5 Å². The molecular formula is C17H17N3O6S. The molecule has 3 amide bonds. The van der Waals surface area contributed by atoms with Crippen molar-refractivity contribution in [3.63, 3.8) is 0 Å². The predicted octanol–water partition coefficient (Wildman–Crippen LogP) is 0.728. The maximum atomic E-state index is 12.1. The molecule has 3 rings (SSSR count). The molecule has 142 valence electrons. The summed E-state index contributed by atoms with van der Waals surface area (Å²) in [6, 6.07) is 9.12. The molecule has 1 fully saturated rings. The van der Waals surface area contributed by atoms with Gasteiger partial charge in [0.05, 0.1) is 23.7 Å². The van der Waals surface area contributed by atoms with Crippen LogP contribution in [0.25, 0.3) is 0 Å². The van der Waals surface area contributed by atoms with Crippen molar-refractivity contribution in [2.24, 2.45) is 5.92 Å². The van der Waals surface area contributed by atoms with Crippen molar-refractivity contribution in [1.29, 1.82) is 0 Å². The molecule has 2 heterocycles. The lowest BCUT2D eigenvalue weighted by Gasteiger charge is -2.11. The van der Waals surface area contributed by atoms with E-state index in [0.29, 0.717) is 5.69 Å². The standard InChI is InChI=1S/C17H17N3O6S/c21-15(19-20-16(22)12-7-9-27(24,25)10-12)11-3-5-13(6-4-11)18-17(23)14-2-1-8-26-14/h1-6,8,12H,7,9-10H2,(H,18,23)(H,19,21)(H,20,22)/t12-/m1/s1. The van der Waals surface area contributed by atoms with Crippen LogP contribution in [0.1, 0.15) is 27.3 Å². The molecule has 10 heteroatoms. The number of carbonyl (C=O) groups excluding carboxylic acids is 3. The zero-order chi connectivity index (χ0) is 19.4. The molecule has 0 aliphatic carbocycles. The van der Waals surface area contributed by atoms with E-state index in [1.165, 1.54) is 36.6 Å². The van der Waals surface area contributed by atoms with Crippen molar-refractivity contribution < 1.29 is 27.2 Å². The molecule has 0 unspecified atom stereocenters. The molecule has 1 saturated heterocycles. The number of hydrogen-bond acceptors (Lipinski definition) is 6. The number of rotatable bonds is 4. The fourth-order valence-corrected chi connectivity index (χ4v) is 4.34. The molecule has 0 spiro atoms. The highest BCUT2D eigenvalue weighted by Gasteiger charge is 2.33. The van der Waals surface area contributed by atoms with Gasteiger partial charge in [0.25, 0.3) is 11.8 Å². The Morgan fingerprint density at radius 2 is 1.74 bits per heavy atom. The minimum atomic E-state index is -3.18. The Morgan fingerprint density at radius 1 is 1.00 bits per heavy atom. The number of hydrazine groups is 1. The van der Waals surface area contributed by atoms with Gasteiger partial charge < -0.3 is 9.73 Å². The largest absolute Gasteiger partial charge is 0.459 e. The summed E-state index contributed by atoms with van der Waals surface area (Å²) in [4.78, 5) is 35.8. The molecule has 1 aromatic carbocycles. The minimum Gasteiger partial charge on any atom is -0.459 e. The number of furan rings is 1. The summed E-state index contributed by atoms with van der Waals surface area (Å²) >= 11 is 0. The summed E-state index contributed by atoms with van der Waals surface area (Å²) in [5.41, 5.74) is 5.21. The van der Waals surface area contributed by atoms with Gasteiger partial charge in [-0.1, -0.05) is 0 Å². The maximum Gasteiger partial charge on any atom is 0.291 e. The average molecular weight is 391 g/mol. The summed E-state index contributed by atoms with van der Waals surface area (Å²) in [5.74, 6) is -2.25. The third-order valence-corrected chi connectivity index (χ3v) is 5.82. The molecule has 0 radical (unpaired) electrons. The molecule has 1 atom stereocenters. The molecule has 1 aromatic heterocycles. The molecule has 0 saturated carbocycles. The highest BCUT2D eigenvalue weighted by atomic mass is 32.2. The van der Waals surface area contributed by atoms with Crippen molar-refractivity contribution in [1.82, 2.24) is 10.9 Å². The summed E-state index contributed by atoms with van der Waals surface area (Å²) < 4.78 is 27.8. The third kappa shape index (κ3) is 4.73. The normalized spacial score (nSPS) is 17.9. The molecular weight excluding hydrogens is 374 g/mol. The van der Waals surface area contributed by atoms with E-state index in [1.54, 1.807) is 6.07 Å². The topological polar surface area (TPSA) is 135 Å². The maximum absolute atomic E-state index is 12.1. The van der Waals surface area contributed by atoms with E-state index in [-0.39, 0.29) is 29.3 Å². The average Bonchev–Trinajstić information content (AvgIpc) is 3.29. The number of benzene rings is 1. The molecule has 1 aliphatic heterocycles. The van der Waals surface area contributed by atoms with Crippen LogP contribution in [0.15, 0.2) is 47.1 Å². The second-order valence-electron chi connectivity index (χ2n) is 6.05. The van der Waals surface area contributed by atoms with Gasteiger partial charge in [0.15, 0.2) is 15.6 Å². The lowest BCUT2D eigenvalue weighted by Crippen LogP contribution is -2.44. The van der Waals surface area contributed by atoms with E-state index >= 15 is 0 Å². The Hall–Kier alpha value is -3.14. The second kappa shape index (κ2) is 7.62. The Kier molecular flexibility index (Phi) is 5.26. The first-order valence-corrected chi connectivity index (χ1v) is 9.92. The minimum absolute atomic E-state index is 0.0236. The van der Waals surface area contributed by atoms with Crippen molar-refractivity contribution in [3.8, 4) is 0 Å². The zero-order valence-electron chi connectivity index (χ0n) is 14.1. The first kappa shape index (κ1) is 18.6. The number of amides is 3. The zero-order valence-corrected chi connectivity index (χ0v) is 14.9. The highest BCUT2D eigenvalue weighted by Crippen LogP contribution is 2.18. The third-order valence-electron chi connectivity index (χ3n) is 4.05. The predicted molar refractivity (Wildman–Crippen MR) is 95.5 cm³/mol. The van der Waals surface area contributed by atoms with Gasteiger partial charge in [-0.25, -0.2) is 8.42 Å². The van der Waals surface area contributed by atoms with E-state index in [1.807, 2.05) is 0 Å². The lowest BCUT2D eigenvalue weighted by molar-refractivity contribution is -0.125. The molecule has 9 nitrogen and oxygen atoms in total. The van der Waals surface area contributed by atoms with Crippen LogP contribution in [-0.2, 0) is 14.6 Å². The molecule has 3 N–H and O–H groups in total. The molecule has 2 aromatic rings. The number of hydrogen-bond donors (Lipinski definition) is 3. The fourth-order valence-electron chi connectivity index (χ4n) is 2.60. The van der Waals surface area contributed by atoms with Gasteiger partial charge in [0.1, 0.15) is 0 Å². The van der Waals surface area contributed by atoms with Crippen LogP contribution < -0.4 is 16.2 Å². The van der Waals surface area contributed by atoms with Gasteiger partial charge >= 0.3 is 0 Å². The Labute approximate surface area is 155 Å². The first-order chi connectivity index (χ1) is 12.8. The molecule has 1 aliphatic rings. The summed E-state index contributed by atoms with van der Waals surface area (Å²) in [6.07, 6.45) is 1.63. The van der Waals surface area contributed by atoms with E-state index in [9.17, 15) is 22.8 Å². The van der Waals surface area contributed by atoms with Crippen LogP contribution in [-0.4, -0.2) is 37.6 Å². The summed E-state index contributed by atoms with van der Waals surface area (Å²) in [5, 5.41) is 2.61. The number of anilines is 1. The van der Waals surface area contributed by atoms with Crippen LogP contribution in [0.4, 0.5) is 5.69 Å². The number of carbonyl (C=O) groups is 3. The van der Waals surface area contributed by atoms with Gasteiger partial charge in [0.2, 0.25) is 5.91 Å². The van der Waals surface area contributed by atoms with Gasteiger partial charge in [-0.3, -0.25) is 25.2 Å². The van der Waals surface area contributed by atoms with Gasteiger partial charge in [-0.2, -0.15) is 0 Å². The van der Waals surface area contributed by atoms with Crippen LogP contribution in [0.3, 0.4) is 0 Å². The van der Waals surface area contributed by atoms with Crippen LogP contribution in [0.2, 0.25) is 0 Å². The van der Waals surface area contributed by atoms with Crippen molar-refractivity contribution in [2.45, 2.75) is 6.42 Å². The summed E-state index contributed by atoms with van der Waals surface area (Å²) in [6.45, 7) is 0. The lowest BCUT2D eigenvalue weighted by atomic mass is 10.1. The van der Waals surface area contributed by atoms with Gasteiger partial charge in [-0.05, 0) is 42.8 Å². The van der Waals surface area contributed by atoms with Crippen LogP contribution in [0.5, 0.6) is 0 Å². The number of sulfone groups is 1. The highest BCUT2D eigenvalue weighted by molar-refractivity contribution is 7.91. The van der Waals surface area contributed by atoms with Crippen LogP contribution >= 0.6 is 0 Å². The number of nitrogens with one attached hydrogen (secondary N) is 3.